The number of fused-ring (bicyclic) bond motifs is 2. The molecule has 1 saturated carbocycles. The average Bonchev–Trinajstić information content (AvgIpc) is 2.65. The standard InChI is InChI=1S/C11H16O/c1-2-5-12-8-11-7-9-3-4-10(11)6-9/h2-4,9-11H,1,5-8H2/t9-,10+,11-/m0/s1. The smallest absolute Gasteiger partial charge is 0.0644 e. The molecule has 3 atom stereocenters. The molecule has 0 heterocycles. The molecule has 0 aromatic rings. The molecule has 2 aliphatic rings. The molecule has 0 radical (unpaired) electrons. The normalized spacial score (nSPS) is 37.5. The quantitative estimate of drug-likeness (QED) is 0.458. The lowest BCUT2D eigenvalue weighted by Gasteiger charge is -2.17. The van der Waals surface area contributed by atoms with E-state index in [1.54, 1.807) is 0 Å². The third-order valence-corrected chi connectivity index (χ3v) is 2.98. The zero-order chi connectivity index (χ0) is 8.39. The zero-order valence-electron chi connectivity index (χ0n) is 7.41. The molecule has 0 unspecified atom stereocenters. The third kappa shape index (κ3) is 1.46. The molecule has 1 nitrogen and oxygen atoms in total. The first-order valence-electron chi connectivity index (χ1n) is 4.77. The summed E-state index contributed by atoms with van der Waals surface area (Å²) < 4.78 is 5.47. The molecule has 0 aromatic carbocycles. The van der Waals surface area contributed by atoms with Crippen LogP contribution in [0.5, 0.6) is 0 Å². The molecule has 66 valence electrons. The fourth-order valence-corrected chi connectivity index (χ4v) is 2.39. The van der Waals surface area contributed by atoms with Gasteiger partial charge in [0.05, 0.1) is 13.2 Å². The minimum absolute atomic E-state index is 0.706. The summed E-state index contributed by atoms with van der Waals surface area (Å²) in [4.78, 5) is 0. The van der Waals surface area contributed by atoms with E-state index >= 15 is 0 Å². The molecule has 0 aromatic heterocycles. The Morgan fingerprint density at radius 1 is 1.42 bits per heavy atom. The Hall–Kier alpha value is -0.560. The lowest BCUT2D eigenvalue weighted by Crippen LogP contribution is -2.14. The summed E-state index contributed by atoms with van der Waals surface area (Å²) in [7, 11) is 0. The van der Waals surface area contributed by atoms with Gasteiger partial charge in [-0.25, -0.2) is 0 Å². The third-order valence-electron chi connectivity index (χ3n) is 2.98. The Kier molecular flexibility index (Phi) is 2.31. The van der Waals surface area contributed by atoms with Crippen LogP contribution in [0.15, 0.2) is 24.8 Å². The highest BCUT2D eigenvalue weighted by Gasteiger charge is 2.35. The molecule has 2 aliphatic carbocycles. The van der Waals surface area contributed by atoms with Crippen LogP contribution in [0.4, 0.5) is 0 Å². The first-order valence-corrected chi connectivity index (χ1v) is 4.77. The molecular weight excluding hydrogens is 148 g/mol. The summed E-state index contributed by atoms with van der Waals surface area (Å²) in [6, 6.07) is 0. The van der Waals surface area contributed by atoms with E-state index in [0.29, 0.717) is 6.61 Å². The second-order valence-corrected chi connectivity index (χ2v) is 3.87. The summed E-state index contributed by atoms with van der Waals surface area (Å²) >= 11 is 0. The van der Waals surface area contributed by atoms with Crippen LogP contribution < -0.4 is 0 Å². The first kappa shape index (κ1) is 8.06. The zero-order valence-corrected chi connectivity index (χ0v) is 7.41. The SMILES string of the molecule is C=CCOC[C@@H]1C[C@H]2C=C[C@@H]1C2. The van der Waals surface area contributed by atoms with Crippen molar-refractivity contribution >= 4 is 0 Å². The lowest BCUT2D eigenvalue weighted by molar-refractivity contribution is 0.113. The number of rotatable bonds is 4. The Balaban J connectivity index is 1.76. The van der Waals surface area contributed by atoms with Crippen LogP contribution in [0.3, 0.4) is 0 Å². The molecule has 2 bridgehead atoms. The molecule has 1 heteroatoms. The van der Waals surface area contributed by atoms with E-state index in [1.807, 2.05) is 6.08 Å². The predicted octanol–water partition coefficient (Wildman–Crippen LogP) is 2.40. The van der Waals surface area contributed by atoms with Crippen molar-refractivity contribution in [1.82, 2.24) is 0 Å². The van der Waals surface area contributed by atoms with Crippen LogP contribution in [-0.2, 0) is 4.74 Å². The van der Waals surface area contributed by atoms with Gasteiger partial charge < -0.3 is 4.74 Å². The molecular formula is C11H16O. The summed E-state index contributed by atoms with van der Waals surface area (Å²) in [5.74, 6) is 2.48. The number of hydrogen-bond acceptors (Lipinski definition) is 1. The molecule has 0 spiro atoms. The fourth-order valence-electron chi connectivity index (χ4n) is 2.39. The van der Waals surface area contributed by atoms with Gasteiger partial charge in [0.1, 0.15) is 0 Å². The van der Waals surface area contributed by atoms with Gasteiger partial charge in [0.2, 0.25) is 0 Å². The fraction of sp³-hybridized carbons (Fsp3) is 0.636. The summed E-state index contributed by atoms with van der Waals surface area (Å²) in [5.41, 5.74) is 0. The predicted molar refractivity (Wildman–Crippen MR) is 49.9 cm³/mol. The minimum Gasteiger partial charge on any atom is -0.377 e. The number of hydrogen-bond donors (Lipinski definition) is 0. The van der Waals surface area contributed by atoms with Crippen LogP contribution in [-0.4, -0.2) is 13.2 Å². The van der Waals surface area contributed by atoms with Crippen LogP contribution >= 0.6 is 0 Å². The summed E-state index contributed by atoms with van der Waals surface area (Å²) in [6.07, 6.45) is 9.29. The Morgan fingerprint density at radius 2 is 2.33 bits per heavy atom. The monoisotopic (exact) mass is 164 g/mol. The van der Waals surface area contributed by atoms with Crippen molar-refractivity contribution in [3.63, 3.8) is 0 Å². The minimum atomic E-state index is 0.706. The van der Waals surface area contributed by atoms with Gasteiger partial charge in [-0.1, -0.05) is 18.2 Å². The van der Waals surface area contributed by atoms with Crippen molar-refractivity contribution in [3.8, 4) is 0 Å². The van der Waals surface area contributed by atoms with Crippen LogP contribution in [0.1, 0.15) is 12.8 Å². The average molecular weight is 164 g/mol. The van der Waals surface area contributed by atoms with Crippen molar-refractivity contribution in [1.29, 1.82) is 0 Å². The van der Waals surface area contributed by atoms with Crippen molar-refractivity contribution in [3.05, 3.63) is 24.8 Å². The van der Waals surface area contributed by atoms with Crippen molar-refractivity contribution in [2.24, 2.45) is 17.8 Å². The van der Waals surface area contributed by atoms with Gasteiger partial charge in [0.15, 0.2) is 0 Å². The Bertz CT molecular complexity index is 195. The van der Waals surface area contributed by atoms with E-state index in [4.69, 9.17) is 4.74 Å². The van der Waals surface area contributed by atoms with Crippen LogP contribution in [0.2, 0.25) is 0 Å². The summed E-state index contributed by atoms with van der Waals surface area (Å²) in [6.45, 7) is 5.27. The maximum absolute atomic E-state index is 5.47. The van der Waals surface area contributed by atoms with E-state index in [2.05, 4.69) is 18.7 Å². The molecule has 0 amide bonds. The molecule has 2 rings (SSSR count). The maximum Gasteiger partial charge on any atom is 0.0644 e. The van der Waals surface area contributed by atoms with Gasteiger partial charge in [-0.05, 0) is 30.6 Å². The molecule has 0 N–H and O–H groups in total. The van der Waals surface area contributed by atoms with E-state index < -0.39 is 0 Å². The maximum atomic E-state index is 5.47. The van der Waals surface area contributed by atoms with E-state index in [9.17, 15) is 0 Å². The first-order chi connectivity index (χ1) is 5.90. The van der Waals surface area contributed by atoms with Crippen molar-refractivity contribution in [2.45, 2.75) is 12.8 Å². The molecule has 12 heavy (non-hydrogen) atoms. The van der Waals surface area contributed by atoms with Crippen molar-refractivity contribution in [2.75, 3.05) is 13.2 Å². The molecule has 1 fully saturated rings. The van der Waals surface area contributed by atoms with Gasteiger partial charge in [-0.2, -0.15) is 0 Å². The largest absolute Gasteiger partial charge is 0.377 e. The van der Waals surface area contributed by atoms with E-state index in [-0.39, 0.29) is 0 Å². The topological polar surface area (TPSA) is 9.23 Å². The van der Waals surface area contributed by atoms with Crippen LogP contribution in [0.25, 0.3) is 0 Å². The van der Waals surface area contributed by atoms with Crippen LogP contribution in [0, 0.1) is 17.8 Å². The Labute approximate surface area is 74.1 Å². The Morgan fingerprint density at radius 3 is 2.92 bits per heavy atom. The van der Waals surface area contributed by atoms with Gasteiger partial charge in [0.25, 0.3) is 0 Å². The number of allylic oxidation sites excluding steroid dienone is 2. The van der Waals surface area contributed by atoms with E-state index in [1.165, 1.54) is 12.8 Å². The molecule has 0 saturated heterocycles. The van der Waals surface area contributed by atoms with Crippen molar-refractivity contribution < 1.29 is 4.74 Å². The summed E-state index contributed by atoms with van der Waals surface area (Å²) in [5, 5.41) is 0. The lowest BCUT2D eigenvalue weighted by atomic mass is 9.95. The highest BCUT2D eigenvalue weighted by molar-refractivity contribution is 5.09. The number of ether oxygens (including phenoxy) is 1. The van der Waals surface area contributed by atoms with E-state index in [0.717, 1.165) is 24.4 Å². The highest BCUT2D eigenvalue weighted by atomic mass is 16.5. The van der Waals surface area contributed by atoms with Gasteiger partial charge in [0, 0.05) is 0 Å². The van der Waals surface area contributed by atoms with Gasteiger partial charge >= 0.3 is 0 Å². The van der Waals surface area contributed by atoms with Gasteiger partial charge in [-0.15, -0.1) is 6.58 Å². The second kappa shape index (κ2) is 3.44. The van der Waals surface area contributed by atoms with Gasteiger partial charge in [-0.3, -0.25) is 0 Å². The second-order valence-electron chi connectivity index (χ2n) is 3.87. The highest BCUT2D eigenvalue weighted by Crippen LogP contribution is 2.43. The molecule has 0 aliphatic heterocycles.